The summed E-state index contributed by atoms with van der Waals surface area (Å²) in [7, 11) is 0. The molecule has 6 heteroatoms. The van der Waals surface area contributed by atoms with Crippen LogP contribution in [0.25, 0.3) is 0 Å². The zero-order valence-corrected chi connectivity index (χ0v) is 13.6. The number of carbonyl (C=O) groups excluding carboxylic acids is 1. The van der Waals surface area contributed by atoms with Gasteiger partial charge in [-0.05, 0) is 43.2 Å². The Morgan fingerprint density at radius 2 is 1.91 bits per heavy atom. The molecule has 6 nitrogen and oxygen atoms in total. The van der Waals surface area contributed by atoms with Crippen LogP contribution in [-0.4, -0.2) is 30.0 Å². The Bertz CT molecular complexity index is 618. The number of carbonyl (C=O) groups is 1. The number of hydrogen-bond acceptors (Lipinski definition) is 4. The van der Waals surface area contributed by atoms with Gasteiger partial charge in [0, 0.05) is 30.8 Å². The van der Waals surface area contributed by atoms with Gasteiger partial charge in [0.25, 0.3) is 11.6 Å². The summed E-state index contributed by atoms with van der Waals surface area (Å²) >= 11 is 0. The van der Waals surface area contributed by atoms with Gasteiger partial charge in [-0.25, -0.2) is 0 Å². The topological polar surface area (TPSA) is 75.5 Å². The molecule has 1 saturated heterocycles. The highest BCUT2D eigenvalue weighted by Crippen LogP contribution is 2.34. The second-order valence-corrected chi connectivity index (χ2v) is 7.06. The van der Waals surface area contributed by atoms with Crippen molar-refractivity contribution in [2.45, 2.75) is 39.2 Å². The Morgan fingerprint density at radius 1 is 1.26 bits per heavy atom. The van der Waals surface area contributed by atoms with E-state index in [0.717, 1.165) is 32.4 Å². The van der Waals surface area contributed by atoms with Gasteiger partial charge in [0.2, 0.25) is 0 Å². The first-order chi connectivity index (χ1) is 10.9. The monoisotopic (exact) mass is 317 g/mol. The van der Waals surface area contributed by atoms with Gasteiger partial charge < -0.3 is 10.2 Å². The Morgan fingerprint density at radius 3 is 2.48 bits per heavy atom. The second kappa shape index (κ2) is 6.18. The van der Waals surface area contributed by atoms with Crippen molar-refractivity contribution in [2.24, 2.45) is 11.8 Å². The van der Waals surface area contributed by atoms with Crippen LogP contribution in [-0.2, 0) is 0 Å². The molecule has 124 valence electrons. The van der Waals surface area contributed by atoms with Crippen LogP contribution in [0, 0.1) is 22.0 Å². The van der Waals surface area contributed by atoms with Crippen molar-refractivity contribution in [2.75, 3.05) is 18.0 Å². The third-order valence-electron chi connectivity index (χ3n) is 4.56. The largest absolute Gasteiger partial charge is 0.365 e. The van der Waals surface area contributed by atoms with E-state index in [1.165, 1.54) is 6.07 Å². The molecule has 1 N–H and O–H groups in total. The molecule has 1 saturated carbocycles. The number of rotatable bonds is 4. The summed E-state index contributed by atoms with van der Waals surface area (Å²) in [6.45, 7) is 5.98. The average Bonchev–Trinajstić information content (AvgIpc) is 3.29. The smallest absolute Gasteiger partial charge is 0.293 e. The molecule has 2 atom stereocenters. The lowest BCUT2D eigenvalue weighted by Gasteiger charge is -2.36. The van der Waals surface area contributed by atoms with Gasteiger partial charge in [0.1, 0.15) is 5.69 Å². The number of nitro benzene ring substituents is 1. The van der Waals surface area contributed by atoms with Crippen LogP contribution in [0.15, 0.2) is 18.2 Å². The highest BCUT2D eigenvalue weighted by Gasteiger charge is 2.29. The first kappa shape index (κ1) is 15.8. The van der Waals surface area contributed by atoms with Gasteiger partial charge in [0.05, 0.1) is 4.92 Å². The standard InChI is InChI=1S/C17H23N3O3/c1-11-7-12(2)10-19(9-11)15-6-3-13(8-16(15)20(22)23)17(21)18-14-4-5-14/h3,6,8,11-12,14H,4-5,7,9-10H2,1-2H3,(H,18,21). The summed E-state index contributed by atoms with van der Waals surface area (Å²) in [5.74, 6) is 0.801. The van der Waals surface area contributed by atoms with E-state index in [0.29, 0.717) is 23.1 Å². The number of nitrogens with zero attached hydrogens (tertiary/aromatic N) is 2. The van der Waals surface area contributed by atoms with Crippen LogP contribution in [0.5, 0.6) is 0 Å². The molecule has 0 radical (unpaired) electrons. The maximum absolute atomic E-state index is 12.1. The van der Waals surface area contributed by atoms with Crippen LogP contribution >= 0.6 is 0 Å². The Hall–Kier alpha value is -2.11. The number of anilines is 1. The molecule has 3 rings (SSSR count). The zero-order valence-electron chi connectivity index (χ0n) is 13.6. The molecule has 0 spiro atoms. The number of piperidine rings is 1. The minimum absolute atomic E-state index is 0.0229. The molecular weight excluding hydrogens is 294 g/mol. The van der Waals surface area contributed by atoms with E-state index in [1.54, 1.807) is 12.1 Å². The second-order valence-electron chi connectivity index (χ2n) is 7.06. The minimum atomic E-state index is -0.382. The van der Waals surface area contributed by atoms with Crippen LogP contribution in [0.3, 0.4) is 0 Å². The normalized spacial score (nSPS) is 24.3. The van der Waals surface area contributed by atoms with E-state index in [4.69, 9.17) is 0 Å². The Balaban J connectivity index is 1.87. The maximum Gasteiger partial charge on any atom is 0.293 e. The molecule has 2 unspecified atom stereocenters. The van der Waals surface area contributed by atoms with Crippen molar-refractivity contribution in [3.63, 3.8) is 0 Å². The molecule has 1 aliphatic carbocycles. The number of nitrogens with one attached hydrogen (secondary N) is 1. The third-order valence-corrected chi connectivity index (χ3v) is 4.56. The zero-order chi connectivity index (χ0) is 16.6. The predicted octanol–water partition coefficient (Wildman–Crippen LogP) is 2.97. The van der Waals surface area contributed by atoms with Crippen molar-refractivity contribution >= 4 is 17.3 Å². The molecular formula is C17H23N3O3. The molecule has 0 aromatic heterocycles. The molecule has 2 aliphatic rings. The first-order valence-corrected chi connectivity index (χ1v) is 8.28. The molecule has 1 aromatic rings. The van der Waals surface area contributed by atoms with Crippen molar-refractivity contribution in [1.29, 1.82) is 0 Å². The van der Waals surface area contributed by atoms with Crippen molar-refractivity contribution < 1.29 is 9.72 Å². The lowest BCUT2D eigenvalue weighted by molar-refractivity contribution is -0.384. The number of benzene rings is 1. The fraction of sp³-hybridized carbons (Fsp3) is 0.588. The molecule has 2 fully saturated rings. The highest BCUT2D eigenvalue weighted by atomic mass is 16.6. The maximum atomic E-state index is 12.1. The van der Waals surface area contributed by atoms with Gasteiger partial charge >= 0.3 is 0 Å². The van der Waals surface area contributed by atoms with Crippen LogP contribution < -0.4 is 10.2 Å². The number of hydrogen-bond donors (Lipinski definition) is 1. The van der Waals surface area contributed by atoms with E-state index < -0.39 is 0 Å². The molecule has 23 heavy (non-hydrogen) atoms. The van der Waals surface area contributed by atoms with E-state index in [1.807, 2.05) is 0 Å². The predicted molar refractivity (Wildman–Crippen MR) is 88.7 cm³/mol. The van der Waals surface area contributed by atoms with Crippen molar-refractivity contribution in [3.8, 4) is 0 Å². The van der Waals surface area contributed by atoms with E-state index in [-0.39, 0.29) is 22.6 Å². The van der Waals surface area contributed by atoms with Crippen LogP contribution in [0.1, 0.15) is 43.5 Å². The fourth-order valence-electron chi connectivity index (χ4n) is 3.43. The van der Waals surface area contributed by atoms with Gasteiger partial charge in [-0.3, -0.25) is 14.9 Å². The fourth-order valence-corrected chi connectivity index (χ4v) is 3.43. The summed E-state index contributed by atoms with van der Waals surface area (Å²) < 4.78 is 0. The van der Waals surface area contributed by atoms with E-state index in [9.17, 15) is 14.9 Å². The summed E-state index contributed by atoms with van der Waals surface area (Å²) in [6, 6.07) is 5.08. The molecule has 0 bridgehead atoms. The molecule has 1 aromatic carbocycles. The van der Waals surface area contributed by atoms with E-state index >= 15 is 0 Å². The average molecular weight is 317 g/mol. The number of nitro groups is 1. The summed E-state index contributed by atoms with van der Waals surface area (Å²) in [6.07, 6.45) is 3.14. The molecule has 1 heterocycles. The summed E-state index contributed by atoms with van der Waals surface area (Å²) in [5, 5.41) is 14.4. The minimum Gasteiger partial charge on any atom is -0.365 e. The first-order valence-electron chi connectivity index (χ1n) is 8.28. The van der Waals surface area contributed by atoms with Gasteiger partial charge in [0.15, 0.2) is 0 Å². The van der Waals surface area contributed by atoms with Gasteiger partial charge in [-0.2, -0.15) is 0 Å². The highest BCUT2D eigenvalue weighted by molar-refractivity contribution is 5.96. The molecule has 1 aliphatic heterocycles. The lowest BCUT2D eigenvalue weighted by Crippen LogP contribution is -2.39. The number of amides is 1. The van der Waals surface area contributed by atoms with Gasteiger partial charge in [-0.1, -0.05) is 13.8 Å². The van der Waals surface area contributed by atoms with Gasteiger partial charge in [-0.15, -0.1) is 0 Å². The Kier molecular flexibility index (Phi) is 4.24. The van der Waals surface area contributed by atoms with Crippen molar-refractivity contribution in [3.05, 3.63) is 33.9 Å². The SMILES string of the molecule is CC1CC(C)CN(c2ccc(C(=O)NC3CC3)cc2[N+](=O)[O-])C1. The third kappa shape index (κ3) is 3.63. The van der Waals surface area contributed by atoms with E-state index in [2.05, 4.69) is 24.1 Å². The van der Waals surface area contributed by atoms with Crippen LogP contribution in [0.4, 0.5) is 11.4 Å². The quantitative estimate of drug-likeness (QED) is 0.684. The summed E-state index contributed by atoms with van der Waals surface area (Å²) in [4.78, 5) is 25.3. The summed E-state index contributed by atoms with van der Waals surface area (Å²) in [5.41, 5.74) is 1.01. The lowest BCUT2D eigenvalue weighted by atomic mass is 9.91. The molecule has 1 amide bonds. The van der Waals surface area contributed by atoms with Crippen molar-refractivity contribution in [1.82, 2.24) is 5.32 Å². The Labute approximate surface area is 136 Å². The van der Waals surface area contributed by atoms with Crippen LogP contribution in [0.2, 0.25) is 0 Å².